The minimum atomic E-state index is -4.48. The van der Waals surface area contributed by atoms with Crippen LogP contribution < -0.4 is 5.73 Å². The molecule has 1 atom stereocenters. The van der Waals surface area contributed by atoms with Crippen molar-refractivity contribution >= 4 is 16.5 Å². The van der Waals surface area contributed by atoms with Crippen molar-refractivity contribution < 1.29 is 17.4 Å². The molecule has 0 saturated heterocycles. The number of anilines is 1. The third kappa shape index (κ3) is 4.23. The Morgan fingerprint density at radius 2 is 1.95 bits per heavy atom. The van der Waals surface area contributed by atoms with Gasteiger partial charge in [0.05, 0.1) is 32.7 Å². The first-order chi connectivity index (χ1) is 9.07. The van der Waals surface area contributed by atoms with Crippen molar-refractivity contribution in [1.82, 2.24) is 0 Å². The Morgan fingerprint density at radius 1 is 1.35 bits per heavy atom. The summed E-state index contributed by atoms with van der Waals surface area (Å²) in [4.78, 5) is 0.173. The van der Waals surface area contributed by atoms with Crippen molar-refractivity contribution in [3.8, 4) is 6.07 Å². The molecule has 0 aliphatic rings. The van der Waals surface area contributed by atoms with Crippen molar-refractivity contribution in [2.75, 3.05) is 11.5 Å². The number of nitriles is 1. The predicted molar refractivity (Wildman–Crippen MR) is 71.1 cm³/mol. The quantitative estimate of drug-likeness (QED) is 0.868. The zero-order chi connectivity index (χ0) is 15.6. The number of halogens is 3. The van der Waals surface area contributed by atoms with Crippen LogP contribution in [0.1, 0.15) is 25.8 Å². The molecule has 0 amide bonds. The Kier molecular flexibility index (Phi) is 4.81. The van der Waals surface area contributed by atoms with Gasteiger partial charge in [0.25, 0.3) is 0 Å². The van der Waals surface area contributed by atoms with Gasteiger partial charge in [-0.3, -0.25) is 4.21 Å². The maximum absolute atomic E-state index is 12.5. The first-order valence-corrected chi connectivity index (χ1v) is 7.15. The van der Waals surface area contributed by atoms with Gasteiger partial charge in [0.2, 0.25) is 0 Å². The van der Waals surface area contributed by atoms with Crippen LogP contribution in [0, 0.1) is 16.7 Å². The summed E-state index contributed by atoms with van der Waals surface area (Å²) in [6.45, 7) is 3.42. The molecule has 0 bridgehead atoms. The van der Waals surface area contributed by atoms with Gasteiger partial charge in [0.1, 0.15) is 0 Å². The van der Waals surface area contributed by atoms with Crippen LogP contribution in [0.15, 0.2) is 23.1 Å². The van der Waals surface area contributed by atoms with E-state index in [-0.39, 0.29) is 16.3 Å². The van der Waals surface area contributed by atoms with Gasteiger partial charge in [-0.25, -0.2) is 0 Å². The number of benzene rings is 1. The summed E-state index contributed by atoms with van der Waals surface area (Å²) < 4.78 is 49.5. The van der Waals surface area contributed by atoms with E-state index in [1.54, 1.807) is 13.8 Å². The summed E-state index contributed by atoms with van der Waals surface area (Å²) in [6, 6.07) is 4.85. The zero-order valence-corrected chi connectivity index (χ0v) is 11.9. The first-order valence-electron chi connectivity index (χ1n) is 5.83. The third-order valence-corrected chi connectivity index (χ3v) is 4.23. The molecule has 1 unspecified atom stereocenters. The monoisotopic (exact) mass is 304 g/mol. The molecular weight excluding hydrogens is 289 g/mol. The van der Waals surface area contributed by atoms with Gasteiger partial charge in [-0.05, 0) is 38.5 Å². The lowest BCUT2D eigenvalue weighted by Gasteiger charge is -2.15. The van der Waals surface area contributed by atoms with Gasteiger partial charge in [0, 0.05) is 11.4 Å². The van der Waals surface area contributed by atoms with Gasteiger partial charge >= 0.3 is 6.18 Å². The van der Waals surface area contributed by atoms with Crippen LogP contribution in [0.3, 0.4) is 0 Å². The maximum Gasteiger partial charge on any atom is 0.416 e. The summed E-state index contributed by atoms with van der Waals surface area (Å²) in [7, 11) is -1.52. The van der Waals surface area contributed by atoms with Crippen molar-refractivity contribution in [3.63, 3.8) is 0 Å². The van der Waals surface area contributed by atoms with Crippen LogP contribution in [0.2, 0.25) is 0 Å². The summed E-state index contributed by atoms with van der Waals surface area (Å²) in [5.74, 6) is 0.177. The second-order valence-corrected chi connectivity index (χ2v) is 6.58. The van der Waals surface area contributed by atoms with Crippen LogP contribution in [-0.2, 0) is 17.0 Å². The van der Waals surface area contributed by atoms with Crippen molar-refractivity contribution in [2.24, 2.45) is 5.41 Å². The lowest BCUT2D eigenvalue weighted by molar-refractivity contribution is -0.137. The van der Waals surface area contributed by atoms with Crippen molar-refractivity contribution in [1.29, 1.82) is 5.26 Å². The van der Waals surface area contributed by atoms with E-state index in [0.717, 1.165) is 18.2 Å². The van der Waals surface area contributed by atoms with E-state index in [0.29, 0.717) is 6.42 Å². The largest absolute Gasteiger partial charge is 0.416 e. The summed E-state index contributed by atoms with van der Waals surface area (Å²) in [5, 5.41) is 8.86. The second kappa shape index (κ2) is 5.83. The van der Waals surface area contributed by atoms with E-state index < -0.39 is 28.0 Å². The average Bonchev–Trinajstić information content (AvgIpc) is 2.35. The molecule has 2 N–H and O–H groups in total. The van der Waals surface area contributed by atoms with Gasteiger partial charge in [0.15, 0.2) is 0 Å². The van der Waals surface area contributed by atoms with E-state index in [4.69, 9.17) is 11.0 Å². The zero-order valence-electron chi connectivity index (χ0n) is 11.1. The SMILES string of the molecule is CC(C)(C#N)CCS(=O)c1ccc(C(F)(F)F)cc1N. The topological polar surface area (TPSA) is 66.9 Å². The summed E-state index contributed by atoms with van der Waals surface area (Å²) >= 11 is 0. The van der Waals surface area contributed by atoms with E-state index in [1.165, 1.54) is 0 Å². The highest BCUT2D eigenvalue weighted by atomic mass is 32.2. The Bertz CT molecular complexity index is 562. The fourth-order valence-corrected chi connectivity index (χ4v) is 2.90. The lowest BCUT2D eigenvalue weighted by Crippen LogP contribution is -2.14. The second-order valence-electron chi connectivity index (χ2n) is 5.05. The summed E-state index contributed by atoms with van der Waals surface area (Å²) in [6.07, 6.45) is -4.10. The lowest BCUT2D eigenvalue weighted by atomic mass is 9.93. The van der Waals surface area contributed by atoms with Gasteiger partial charge in [-0.1, -0.05) is 0 Å². The van der Waals surface area contributed by atoms with Crippen LogP contribution in [0.4, 0.5) is 18.9 Å². The van der Waals surface area contributed by atoms with E-state index in [9.17, 15) is 17.4 Å². The molecule has 3 nitrogen and oxygen atoms in total. The average molecular weight is 304 g/mol. The number of hydrogen-bond acceptors (Lipinski definition) is 3. The first kappa shape index (κ1) is 16.5. The molecule has 1 aromatic carbocycles. The highest BCUT2D eigenvalue weighted by Gasteiger charge is 2.31. The highest BCUT2D eigenvalue weighted by Crippen LogP contribution is 2.32. The van der Waals surface area contributed by atoms with E-state index in [2.05, 4.69) is 6.07 Å². The van der Waals surface area contributed by atoms with Gasteiger partial charge in [-0.2, -0.15) is 18.4 Å². The van der Waals surface area contributed by atoms with Gasteiger partial charge < -0.3 is 5.73 Å². The predicted octanol–water partition coefficient (Wildman–Crippen LogP) is 3.34. The molecule has 0 aromatic heterocycles. The normalized spacial score (nSPS) is 13.8. The molecule has 0 fully saturated rings. The molecule has 1 rings (SSSR count). The Hall–Kier alpha value is -1.55. The smallest absolute Gasteiger partial charge is 0.398 e. The minimum Gasteiger partial charge on any atom is -0.398 e. The number of nitrogens with zero attached hydrogens (tertiary/aromatic N) is 1. The standard InChI is InChI=1S/C13H15F3N2OS/c1-12(2,8-17)5-6-20(19)11-4-3-9(7-10(11)18)13(14,15)16/h3-4,7H,5-6,18H2,1-2H3. The van der Waals surface area contributed by atoms with E-state index >= 15 is 0 Å². The molecule has 0 aliphatic heterocycles. The number of nitrogens with two attached hydrogens (primary N) is 1. The van der Waals surface area contributed by atoms with Crippen LogP contribution in [0.25, 0.3) is 0 Å². The molecule has 0 spiro atoms. The fraction of sp³-hybridized carbons (Fsp3) is 0.462. The number of hydrogen-bond donors (Lipinski definition) is 1. The Labute approximate surface area is 118 Å². The van der Waals surface area contributed by atoms with Gasteiger partial charge in [-0.15, -0.1) is 0 Å². The number of rotatable bonds is 4. The number of alkyl halides is 3. The highest BCUT2D eigenvalue weighted by molar-refractivity contribution is 7.85. The molecular formula is C13H15F3N2OS. The molecule has 110 valence electrons. The molecule has 0 heterocycles. The van der Waals surface area contributed by atoms with Crippen LogP contribution >= 0.6 is 0 Å². The molecule has 20 heavy (non-hydrogen) atoms. The molecule has 0 radical (unpaired) electrons. The molecule has 0 aliphatic carbocycles. The van der Waals surface area contributed by atoms with Crippen molar-refractivity contribution in [3.05, 3.63) is 23.8 Å². The fourth-order valence-electron chi connectivity index (χ4n) is 1.45. The molecule has 7 heteroatoms. The maximum atomic E-state index is 12.5. The third-order valence-electron chi connectivity index (χ3n) is 2.80. The molecule has 1 aromatic rings. The number of nitrogen functional groups attached to an aromatic ring is 1. The minimum absolute atomic E-state index is 0.145. The Morgan fingerprint density at radius 3 is 2.40 bits per heavy atom. The van der Waals surface area contributed by atoms with Crippen molar-refractivity contribution in [2.45, 2.75) is 31.3 Å². The molecule has 0 saturated carbocycles. The van der Waals surface area contributed by atoms with E-state index in [1.807, 2.05) is 0 Å². The Balaban J connectivity index is 2.88. The van der Waals surface area contributed by atoms with Crippen LogP contribution in [0.5, 0.6) is 0 Å². The van der Waals surface area contributed by atoms with Crippen LogP contribution in [-0.4, -0.2) is 9.96 Å². The summed E-state index contributed by atoms with van der Waals surface area (Å²) in [5.41, 5.74) is 3.89.